The number of Topliss-reactive ketones (excluding diaryl/α,β-unsaturated/α-hetero) is 1. The van der Waals surface area contributed by atoms with Crippen LogP contribution in [0.4, 0.5) is 0 Å². The minimum Gasteiger partial charge on any atom is -0.295 e. The van der Waals surface area contributed by atoms with Crippen LogP contribution in [-0.2, 0) is 0 Å². The van der Waals surface area contributed by atoms with E-state index in [2.05, 4.69) is 39.8 Å². The molecule has 0 fully saturated rings. The Hall–Kier alpha value is -2.78. The number of carbonyl (C=O) groups excluding carboxylic acids is 1. The van der Waals surface area contributed by atoms with Gasteiger partial charge >= 0.3 is 0 Å². The van der Waals surface area contributed by atoms with Crippen LogP contribution in [0.1, 0.15) is 67.9 Å². The van der Waals surface area contributed by atoms with E-state index >= 15 is 0 Å². The molecule has 0 amide bonds. The summed E-state index contributed by atoms with van der Waals surface area (Å²) in [5, 5.41) is 1.78. The van der Waals surface area contributed by atoms with E-state index in [1.807, 2.05) is 54.6 Å². The molecule has 0 N–H and O–H groups in total. The third kappa shape index (κ3) is 4.52. The Labute approximate surface area is 182 Å². The van der Waals surface area contributed by atoms with Crippen LogP contribution in [0.5, 0.6) is 0 Å². The van der Waals surface area contributed by atoms with Gasteiger partial charge in [-0.1, -0.05) is 76.2 Å². The highest BCUT2D eigenvalue weighted by atomic mass is 32.1. The number of hydrogen-bond acceptors (Lipinski definition) is 3. The zero-order chi connectivity index (χ0) is 21.8. The standard InChI is InChI=1S/C19H20OS.C8H8O/c1-11(2)13-9-10-16-18(17(13)12(3)4)19(20)14-7-5-6-8-15(14)21-16;1-7(9)8-5-3-2-4-6-8/h5-12H,1-4H3;2-6H,1H3. The summed E-state index contributed by atoms with van der Waals surface area (Å²) in [6.45, 7) is 10.3. The molecule has 3 aromatic carbocycles. The van der Waals surface area contributed by atoms with Crippen LogP contribution in [-0.4, -0.2) is 5.78 Å². The van der Waals surface area contributed by atoms with Gasteiger partial charge in [-0.2, -0.15) is 0 Å². The third-order valence-corrected chi connectivity index (χ3v) is 6.34. The van der Waals surface area contributed by atoms with Crippen molar-refractivity contribution in [1.29, 1.82) is 0 Å². The first-order chi connectivity index (χ1) is 14.3. The van der Waals surface area contributed by atoms with Gasteiger partial charge in [-0.3, -0.25) is 9.59 Å². The molecule has 0 spiro atoms. The van der Waals surface area contributed by atoms with Crippen molar-refractivity contribution in [3.63, 3.8) is 0 Å². The van der Waals surface area contributed by atoms with E-state index in [0.29, 0.717) is 11.8 Å². The molecule has 0 atom stereocenters. The van der Waals surface area contributed by atoms with E-state index in [1.165, 1.54) is 11.1 Å². The molecule has 2 nitrogen and oxygen atoms in total. The van der Waals surface area contributed by atoms with Gasteiger partial charge < -0.3 is 0 Å². The lowest BCUT2D eigenvalue weighted by Crippen LogP contribution is -2.08. The van der Waals surface area contributed by atoms with Crippen LogP contribution in [0.3, 0.4) is 0 Å². The molecule has 154 valence electrons. The third-order valence-electron chi connectivity index (χ3n) is 5.20. The first-order valence-electron chi connectivity index (χ1n) is 10.4. The van der Waals surface area contributed by atoms with Crippen LogP contribution < -0.4 is 5.43 Å². The van der Waals surface area contributed by atoms with Gasteiger partial charge in [-0.15, -0.1) is 11.3 Å². The highest BCUT2D eigenvalue weighted by Crippen LogP contribution is 2.35. The minimum atomic E-state index is 0.121. The van der Waals surface area contributed by atoms with Gasteiger partial charge in [0.25, 0.3) is 0 Å². The topological polar surface area (TPSA) is 34.1 Å². The van der Waals surface area contributed by atoms with Gasteiger partial charge in [0.15, 0.2) is 11.2 Å². The lowest BCUT2D eigenvalue weighted by molar-refractivity contribution is 0.101. The van der Waals surface area contributed by atoms with Crippen LogP contribution in [0.2, 0.25) is 0 Å². The largest absolute Gasteiger partial charge is 0.295 e. The van der Waals surface area contributed by atoms with E-state index in [1.54, 1.807) is 18.3 Å². The summed E-state index contributed by atoms with van der Waals surface area (Å²) >= 11 is 1.72. The highest BCUT2D eigenvalue weighted by Gasteiger charge is 2.17. The summed E-state index contributed by atoms with van der Waals surface area (Å²) in [7, 11) is 0. The molecule has 1 heterocycles. The van der Waals surface area contributed by atoms with E-state index in [0.717, 1.165) is 25.7 Å². The van der Waals surface area contributed by atoms with Crippen molar-refractivity contribution >= 4 is 37.3 Å². The summed E-state index contributed by atoms with van der Waals surface area (Å²) in [4.78, 5) is 23.6. The Morgan fingerprint density at radius 1 is 0.767 bits per heavy atom. The number of benzene rings is 3. The molecule has 0 aliphatic carbocycles. The summed E-state index contributed by atoms with van der Waals surface area (Å²) in [5.41, 5.74) is 3.50. The highest BCUT2D eigenvalue weighted by molar-refractivity contribution is 7.24. The minimum absolute atomic E-state index is 0.121. The summed E-state index contributed by atoms with van der Waals surface area (Å²) in [6.07, 6.45) is 0. The zero-order valence-corrected chi connectivity index (χ0v) is 19.0. The zero-order valence-electron chi connectivity index (χ0n) is 18.2. The number of fused-ring (bicyclic) bond motifs is 2. The number of ketones is 1. The van der Waals surface area contributed by atoms with Crippen molar-refractivity contribution in [2.24, 2.45) is 0 Å². The van der Waals surface area contributed by atoms with Gasteiger partial charge in [0.05, 0.1) is 0 Å². The summed E-state index contributed by atoms with van der Waals surface area (Å²) < 4.78 is 2.17. The fourth-order valence-electron chi connectivity index (χ4n) is 3.73. The lowest BCUT2D eigenvalue weighted by atomic mass is 9.88. The molecule has 0 unspecified atom stereocenters. The maximum atomic E-state index is 13.0. The van der Waals surface area contributed by atoms with Crippen LogP contribution in [0.15, 0.2) is 71.5 Å². The second-order valence-corrected chi connectivity index (χ2v) is 9.18. The van der Waals surface area contributed by atoms with Crippen molar-refractivity contribution in [2.45, 2.75) is 46.5 Å². The molecule has 4 rings (SSSR count). The normalized spacial score (nSPS) is 11.0. The molecular weight excluding hydrogens is 388 g/mol. The molecule has 0 bridgehead atoms. The molecule has 0 aliphatic heterocycles. The van der Waals surface area contributed by atoms with Gasteiger partial charge in [-0.05, 0) is 48.1 Å². The number of carbonyl (C=O) groups is 1. The Bertz CT molecular complexity index is 1230. The molecule has 0 radical (unpaired) electrons. The number of rotatable bonds is 3. The Balaban J connectivity index is 0.000000239. The van der Waals surface area contributed by atoms with Crippen molar-refractivity contribution in [2.75, 3.05) is 0 Å². The van der Waals surface area contributed by atoms with Gasteiger partial charge in [0.2, 0.25) is 0 Å². The first-order valence-corrected chi connectivity index (χ1v) is 11.2. The quantitative estimate of drug-likeness (QED) is 0.255. The second kappa shape index (κ2) is 9.36. The van der Waals surface area contributed by atoms with Crippen LogP contribution in [0, 0.1) is 0 Å². The summed E-state index contributed by atoms with van der Waals surface area (Å²) in [6, 6.07) is 21.5. The first kappa shape index (κ1) is 21.9. The molecule has 4 aromatic rings. The lowest BCUT2D eigenvalue weighted by Gasteiger charge is -2.18. The predicted octanol–water partition coefficient (Wildman–Crippen LogP) is 7.55. The number of hydrogen-bond donors (Lipinski definition) is 0. The van der Waals surface area contributed by atoms with Gasteiger partial charge in [0.1, 0.15) is 0 Å². The average Bonchev–Trinajstić information content (AvgIpc) is 2.74. The van der Waals surface area contributed by atoms with Gasteiger partial charge in [-0.25, -0.2) is 0 Å². The smallest absolute Gasteiger partial charge is 0.196 e. The molecule has 0 aliphatic rings. The van der Waals surface area contributed by atoms with E-state index < -0.39 is 0 Å². The van der Waals surface area contributed by atoms with Crippen LogP contribution >= 0.6 is 11.3 Å². The SMILES string of the molecule is CC(=O)c1ccccc1.CC(C)c1ccc2sc3ccccc3c(=O)c2c1C(C)C. The molecule has 1 aromatic heterocycles. The van der Waals surface area contributed by atoms with E-state index in [4.69, 9.17) is 0 Å². The van der Waals surface area contributed by atoms with Crippen LogP contribution in [0.25, 0.3) is 20.2 Å². The van der Waals surface area contributed by atoms with E-state index in [-0.39, 0.29) is 11.2 Å². The monoisotopic (exact) mass is 416 g/mol. The molecular formula is C27H28O2S. The second-order valence-electron chi connectivity index (χ2n) is 8.10. The summed E-state index contributed by atoms with van der Waals surface area (Å²) in [5.74, 6) is 0.908. The van der Waals surface area contributed by atoms with Crippen molar-refractivity contribution in [3.05, 3.63) is 93.6 Å². The van der Waals surface area contributed by atoms with E-state index in [9.17, 15) is 9.59 Å². The molecule has 3 heteroatoms. The molecule has 30 heavy (non-hydrogen) atoms. The van der Waals surface area contributed by atoms with Crippen molar-refractivity contribution in [1.82, 2.24) is 0 Å². The Morgan fingerprint density at radius 2 is 1.40 bits per heavy atom. The van der Waals surface area contributed by atoms with Gasteiger partial charge in [0, 0.05) is 25.7 Å². The molecule has 0 saturated carbocycles. The fraction of sp³-hybridized carbons (Fsp3) is 0.259. The maximum Gasteiger partial charge on any atom is 0.196 e. The average molecular weight is 417 g/mol. The van der Waals surface area contributed by atoms with Crippen molar-refractivity contribution < 1.29 is 4.79 Å². The van der Waals surface area contributed by atoms with Crippen molar-refractivity contribution in [3.8, 4) is 0 Å². The Kier molecular flexibility index (Phi) is 6.84. The Morgan fingerprint density at radius 3 is 1.97 bits per heavy atom. The molecule has 0 saturated heterocycles. The fourth-order valence-corrected chi connectivity index (χ4v) is 4.82. The maximum absolute atomic E-state index is 13.0. The predicted molar refractivity (Wildman–Crippen MR) is 130 cm³/mol.